The van der Waals surface area contributed by atoms with Crippen LogP contribution in [0.5, 0.6) is 0 Å². The Morgan fingerprint density at radius 2 is 0.622 bits per heavy atom. The van der Waals surface area contributed by atoms with E-state index < -0.39 is 143 Å². The Kier molecular flexibility index (Phi) is 33.5. The molecule has 0 aliphatic carbocycles. The van der Waals surface area contributed by atoms with E-state index in [1.807, 2.05) is 0 Å². The number of halogens is 9. The van der Waals surface area contributed by atoms with Crippen LogP contribution in [0.1, 0.15) is 68.6 Å². The van der Waals surface area contributed by atoms with Crippen molar-refractivity contribution in [2.75, 3.05) is 101 Å². The van der Waals surface area contributed by atoms with Crippen LogP contribution in [0.15, 0.2) is 0 Å². The third kappa shape index (κ3) is 20.3. The quantitative estimate of drug-likeness (QED) is 0.0299. The molecule has 9 amide bonds. The number of hydrogen-bond donors (Lipinski definition) is 18. The minimum Gasteiger partial charge on any atom is -0.394 e. The van der Waals surface area contributed by atoms with Crippen LogP contribution in [0.3, 0.4) is 0 Å². The highest BCUT2D eigenvalue weighted by atomic mass is 127. The smallest absolute Gasteiger partial charge is 0.256 e. The molecule has 37 heteroatoms. The van der Waals surface area contributed by atoms with Gasteiger partial charge in [0.25, 0.3) is 35.4 Å². The maximum Gasteiger partial charge on any atom is 0.256 e. The Bertz CT molecular complexity index is 2950. The van der Waals surface area contributed by atoms with Crippen LogP contribution in [0.4, 0.5) is 17.1 Å². The van der Waals surface area contributed by atoms with E-state index in [1.54, 1.807) is 203 Å². The van der Waals surface area contributed by atoms with E-state index in [0.29, 0.717) is 0 Å². The summed E-state index contributed by atoms with van der Waals surface area (Å²) in [6.45, 7) is -7.98. The molecule has 4 unspecified atom stereocenters. The number of carbonyl (C=O) groups excluding carboxylic acids is 9. The van der Waals surface area contributed by atoms with Gasteiger partial charge in [0.1, 0.15) is 19.8 Å². The van der Waals surface area contributed by atoms with Gasteiger partial charge < -0.3 is 98.5 Å². The maximum absolute atomic E-state index is 15.1. The Balaban J connectivity index is 2.17. The zero-order valence-electron chi connectivity index (χ0n) is 41.7. The van der Waals surface area contributed by atoms with Gasteiger partial charge in [-0.15, -0.1) is 0 Å². The molecular formula is C45H50I9N9O19. The van der Waals surface area contributed by atoms with Crippen molar-refractivity contribution < 1.29 is 94.2 Å². The number of benzene rings is 3. The zero-order valence-corrected chi connectivity index (χ0v) is 61.1. The second-order valence-electron chi connectivity index (χ2n) is 16.7. The normalized spacial score (nSPS) is 12.5. The third-order valence-electron chi connectivity index (χ3n) is 10.8. The fourth-order valence-electron chi connectivity index (χ4n) is 6.75. The summed E-state index contributed by atoms with van der Waals surface area (Å²) in [7, 11) is 0. The molecule has 82 heavy (non-hydrogen) atoms. The summed E-state index contributed by atoms with van der Waals surface area (Å²) >= 11 is 15.7. The molecule has 0 fully saturated rings. The standard InChI is InChI=1S/C45H50I9N9O19/c46-28-22(31(49)37(60-19(74)12-67)32(50)23(28)42(79)57-5-16(71)9-64)40(77)55-2-1-3-63(45(82)27-30(48)26(44(81)59-7-18(73)11-66)35(53)39(36(27)54)62-21(76)14-69)8-15(70)4-56-41(78)24-29(47)25(43(80)58-6-17(72)10-65)34(52)38(33(24)51)61-20(75)13-68/h15-18,64-73H,1-14H2,(H,55,77)(H,56,78)(H,57,79)(H,58,80)(H,59,81)(H,60,74)(H,61,75)(H,62,76). The summed E-state index contributed by atoms with van der Waals surface area (Å²) in [6.07, 6.45) is -5.80. The van der Waals surface area contributed by atoms with Crippen molar-refractivity contribution in [2.24, 2.45) is 0 Å². The van der Waals surface area contributed by atoms with Gasteiger partial charge in [0.2, 0.25) is 17.7 Å². The van der Waals surface area contributed by atoms with Gasteiger partial charge in [-0.25, -0.2) is 0 Å². The first kappa shape index (κ1) is 75.3. The molecule has 0 spiro atoms. The lowest BCUT2D eigenvalue weighted by Gasteiger charge is -2.28. The fourth-order valence-corrected chi connectivity index (χ4v) is 20.0. The molecule has 18 N–H and O–H groups in total. The highest BCUT2D eigenvalue weighted by Gasteiger charge is 2.34. The van der Waals surface area contributed by atoms with Crippen LogP contribution in [0.25, 0.3) is 0 Å². The number of anilines is 3. The van der Waals surface area contributed by atoms with Crippen LogP contribution >= 0.6 is 203 Å². The third-order valence-corrected chi connectivity index (χ3v) is 20.5. The number of rotatable bonds is 29. The van der Waals surface area contributed by atoms with Crippen molar-refractivity contribution in [3.05, 3.63) is 65.5 Å². The van der Waals surface area contributed by atoms with Gasteiger partial charge in [0.15, 0.2) is 0 Å². The molecule has 0 saturated heterocycles. The van der Waals surface area contributed by atoms with Crippen LogP contribution in [-0.4, -0.2) is 219 Å². The SMILES string of the molecule is O=C(CO)Nc1c(I)c(C(=O)NCCCN(CC(O)CNC(=O)c2c(I)c(NC(=O)CO)c(I)c(C(=O)NCC(O)CO)c2I)C(=O)c2c(I)c(NC(=O)CO)c(I)c(C(=O)NCC(O)CO)c2I)c(I)c(C(=O)NCC(O)CO)c1I. The van der Waals surface area contributed by atoms with Crippen molar-refractivity contribution in [1.29, 1.82) is 0 Å². The molecule has 3 rings (SSSR count). The van der Waals surface area contributed by atoms with E-state index >= 15 is 4.79 Å². The van der Waals surface area contributed by atoms with Crippen LogP contribution in [0, 0.1) is 32.1 Å². The first-order chi connectivity index (χ1) is 38.6. The van der Waals surface area contributed by atoms with Crippen molar-refractivity contribution in [3.63, 3.8) is 0 Å². The van der Waals surface area contributed by atoms with Crippen LogP contribution in [-0.2, 0) is 14.4 Å². The largest absolute Gasteiger partial charge is 0.394 e. The predicted octanol–water partition coefficient (Wildman–Crippen LogP) is -0.777. The first-order valence-corrected chi connectivity index (χ1v) is 32.9. The van der Waals surface area contributed by atoms with Gasteiger partial charge in [-0.3, -0.25) is 43.2 Å². The van der Waals surface area contributed by atoms with E-state index in [2.05, 4.69) is 42.5 Å². The number of hydrogen-bond acceptors (Lipinski definition) is 19. The Morgan fingerprint density at radius 1 is 0.366 bits per heavy atom. The lowest BCUT2D eigenvalue weighted by molar-refractivity contribution is -0.119. The molecule has 0 bridgehead atoms. The number of carbonyl (C=O) groups is 9. The highest BCUT2D eigenvalue weighted by Crippen LogP contribution is 2.39. The minimum absolute atomic E-state index is 0.00538. The molecule has 0 aliphatic heterocycles. The molecule has 0 aromatic heterocycles. The molecule has 3 aromatic carbocycles. The molecule has 3 aromatic rings. The summed E-state index contributed by atoms with van der Waals surface area (Å²) in [5, 5.41) is 118. The average Bonchev–Trinajstić information content (AvgIpc) is 3.42. The molecule has 4 atom stereocenters. The second kappa shape index (κ2) is 36.5. The van der Waals surface area contributed by atoms with Crippen molar-refractivity contribution in [2.45, 2.75) is 30.8 Å². The average molecular weight is 2160 g/mol. The molecule has 452 valence electrons. The van der Waals surface area contributed by atoms with Gasteiger partial charge in [-0.2, -0.15) is 0 Å². The van der Waals surface area contributed by atoms with Crippen LogP contribution in [0.2, 0.25) is 0 Å². The molecular weight excluding hydrogens is 2110 g/mol. The fraction of sp³-hybridized carbons (Fsp3) is 0.400. The van der Waals surface area contributed by atoms with Gasteiger partial charge in [0, 0.05) is 56.5 Å². The molecule has 28 nitrogen and oxygen atoms in total. The van der Waals surface area contributed by atoms with Gasteiger partial charge in [0.05, 0.1) is 116 Å². The number of aliphatic hydroxyl groups is 10. The summed E-state index contributed by atoms with van der Waals surface area (Å²) < 4.78 is 0.852. The number of amides is 9. The maximum atomic E-state index is 15.1. The van der Waals surface area contributed by atoms with Gasteiger partial charge >= 0.3 is 0 Å². The van der Waals surface area contributed by atoms with E-state index in [1.165, 1.54) is 0 Å². The predicted molar refractivity (Wildman–Crippen MR) is 368 cm³/mol. The summed E-state index contributed by atoms with van der Waals surface area (Å²) in [6, 6.07) is 0. The summed E-state index contributed by atoms with van der Waals surface area (Å²) in [5.74, 6) is -7.74. The molecule has 0 aliphatic rings. The minimum atomic E-state index is -1.64. The summed E-state index contributed by atoms with van der Waals surface area (Å²) in [4.78, 5) is 123. The number of aliphatic hydroxyl groups excluding tert-OH is 10. The zero-order chi connectivity index (χ0) is 62.0. The Labute approximate surface area is 588 Å². The van der Waals surface area contributed by atoms with E-state index in [4.69, 9.17) is 0 Å². The lowest BCUT2D eigenvalue weighted by atomic mass is 10.1. The monoisotopic (exact) mass is 2160 g/mol. The summed E-state index contributed by atoms with van der Waals surface area (Å²) in [5.41, 5.74) is -1.03. The number of nitrogens with zero attached hydrogens (tertiary/aromatic N) is 1. The topological polar surface area (TPSA) is 455 Å². The lowest BCUT2D eigenvalue weighted by Crippen LogP contribution is -2.44. The van der Waals surface area contributed by atoms with Crippen molar-refractivity contribution in [3.8, 4) is 0 Å². The first-order valence-electron chi connectivity index (χ1n) is 23.2. The van der Waals surface area contributed by atoms with E-state index in [0.717, 1.165) is 4.90 Å². The molecule has 0 radical (unpaired) electrons. The van der Waals surface area contributed by atoms with Gasteiger partial charge in [-0.1, -0.05) is 0 Å². The van der Waals surface area contributed by atoms with E-state index in [-0.39, 0.29) is 109 Å². The van der Waals surface area contributed by atoms with Crippen molar-refractivity contribution in [1.82, 2.24) is 31.5 Å². The van der Waals surface area contributed by atoms with Crippen molar-refractivity contribution >= 4 is 274 Å². The second-order valence-corrected chi connectivity index (χ2v) is 26.4. The molecule has 0 saturated carbocycles. The Morgan fingerprint density at radius 3 is 0.902 bits per heavy atom. The highest BCUT2D eigenvalue weighted by molar-refractivity contribution is 14.1. The Hall–Kier alpha value is -0.940. The van der Waals surface area contributed by atoms with Gasteiger partial charge in [-0.05, 0) is 210 Å². The van der Waals surface area contributed by atoms with Crippen LogP contribution < -0.4 is 42.5 Å². The van der Waals surface area contributed by atoms with E-state index in [9.17, 15) is 89.4 Å². The molecule has 0 heterocycles. The number of nitrogens with one attached hydrogen (secondary N) is 8.